The number of fused-ring (bicyclic) bond motifs is 4. The Morgan fingerprint density at radius 2 is 1.67 bits per heavy atom. The average molecular weight is 351 g/mol. The van der Waals surface area contributed by atoms with E-state index in [9.17, 15) is 0 Å². The van der Waals surface area contributed by atoms with E-state index in [1.54, 1.807) is 0 Å². The predicted molar refractivity (Wildman–Crippen MR) is 112 cm³/mol. The maximum atomic E-state index is 4.96. The lowest BCUT2D eigenvalue weighted by molar-refractivity contribution is 0.957. The van der Waals surface area contributed by atoms with E-state index in [0.717, 1.165) is 41.7 Å². The highest BCUT2D eigenvalue weighted by Gasteiger charge is 2.17. The Labute approximate surface area is 158 Å². The van der Waals surface area contributed by atoms with Crippen molar-refractivity contribution in [1.82, 2.24) is 9.97 Å². The van der Waals surface area contributed by atoms with Crippen molar-refractivity contribution in [1.29, 1.82) is 0 Å². The molecule has 0 atom stereocenters. The molecule has 5 rings (SSSR count). The van der Waals surface area contributed by atoms with Crippen molar-refractivity contribution in [3.05, 3.63) is 77.1 Å². The maximum absolute atomic E-state index is 4.96. The Hall–Kier alpha value is -3.07. The number of hydrogen-bond donors (Lipinski definition) is 0. The van der Waals surface area contributed by atoms with E-state index in [0.29, 0.717) is 0 Å². The lowest BCUT2D eigenvalue weighted by Gasteiger charge is -2.07. The molecule has 2 heterocycles. The molecule has 0 radical (unpaired) electrons. The first-order valence-corrected chi connectivity index (χ1v) is 9.48. The highest BCUT2D eigenvalue weighted by atomic mass is 14.8. The van der Waals surface area contributed by atoms with Crippen LogP contribution < -0.4 is 0 Å². The van der Waals surface area contributed by atoms with Crippen LogP contribution in [0, 0.1) is 13.8 Å². The van der Waals surface area contributed by atoms with Gasteiger partial charge in [0, 0.05) is 23.7 Å². The van der Waals surface area contributed by atoms with Gasteiger partial charge in [-0.3, -0.25) is 9.98 Å². The molecule has 0 fully saturated rings. The summed E-state index contributed by atoms with van der Waals surface area (Å²) in [4.78, 5) is 14.5. The van der Waals surface area contributed by atoms with Gasteiger partial charge in [0.05, 0.1) is 22.4 Å². The molecule has 0 bridgehead atoms. The van der Waals surface area contributed by atoms with Crippen molar-refractivity contribution in [3.8, 4) is 0 Å². The van der Waals surface area contributed by atoms with E-state index in [1.165, 1.54) is 33.2 Å². The number of hydrogen-bond acceptors (Lipinski definition) is 3. The number of aliphatic imine (C=N–C) groups is 1. The largest absolute Gasteiger partial charge is 0.257 e. The third-order valence-corrected chi connectivity index (χ3v) is 5.47. The SMILES string of the molecule is Cc1ccc(C)c2nc(CCC3=Nc4c(ccc5ccccc45)C3)cnc12. The zero-order chi connectivity index (χ0) is 18.4. The molecular formula is C24H21N3. The van der Waals surface area contributed by atoms with E-state index >= 15 is 0 Å². The minimum Gasteiger partial charge on any atom is -0.257 e. The molecule has 1 aromatic heterocycles. The van der Waals surface area contributed by atoms with Crippen LogP contribution in [0.4, 0.5) is 5.69 Å². The van der Waals surface area contributed by atoms with Crippen molar-refractivity contribution < 1.29 is 0 Å². The standard InChI is InChI=1S/C24H21N3/c1-15-7-8-16(2)23-22(15)25-14-20(27-23)12-11-19-13-18-10-9-17-5-3-4-6-21(17)24(18)26-19/h3-10,14H,11-13H2,1-2H3. The first kappa shape index (κ1) is 16.1. The van der Waals surface area contributed by atoms with Crippen LogP contribution in [-0.4, -0.2) is 15.7 Å². The second kappa shape index (κ2) is 6.27. The van der Waals surface area contributed by atoms with E-state index in [-0.39, 0.29) is 0 Å². The van der Waals surface area contributed by atoms with Crippen LogP contribution in [0.2, 0.25) is 0 Å². The van der Waals surface area contributed by atoms with Gasteiger partial charge in [0.1, 0.15) is 0 Å². The smallest absolute Gasteiger partial charge is 0.0921 e. The summed E-state index contributed by atoms with van der Waals surface area (Å²) in [7, 11) is 0. The van der Waals surface area contributed by atoms with Gasteiger partial charge in [0.15, 0.2) is 0 Å². The topological polar surface area (TPSA) is 38.1 Å². The quantitative estimate of drug-likeness (QED) is 0.477. The molecule has 0 aliphatic carbocycles. The minimum absolute atomic E-state index is 0.876. The molecule has 0 N–H and O–H groups in total. The summed E-state index contributed by atoms with van der Waals surface area (Å²) >= 11 is 0. The van der Waals surface area contributed by atoms with E-state index < -0.39 is 0 Å². The molecular weight excluding hydrogens is 330 g/mol. The normalized spacial score (nSPS) is 13.2. The predicted octanol–water partition coefficient (Wildman–Crippen LogP) is 5.66. The van der Waals surface area contributed by atoms with E-state index in [4.69, 9.17) is 9.98 Å². The molecule has 1 aliphatic rings. The summed E-state index contributed by atoms with van der Waals surface area (Å²) in [6.45, 7) is 4.19. The van der Waals surface area contributed by atoms with Crippen molar-refractivity contribution in [2.45, 2.75) is 33.1 Å². The summed E-state index contributed by atoms with van der Waals surface area (Å²) < 4.78 is 0. The van der Waals surface area contributed by atoms with Crippen LogP contribution >= 0.6 is 0 Å². The van der Waals surface area contributed by atoms with Crippen LogP contribution in [0.1, 0.15) is 28.8 Å². The number of rotatable bonds is 3. The first-order chi connectivity index (χ1) is 13.2. The fourth-order valence-corrected chi connectivity index (χ4v) is 3.93. The minimum atomic E-state index is 0.876. The third kappa shape index (κ3) is 2.80. The molecule has 4 aromatic rings. The lowest BCUT2D eigenvalue weighted by Crippen LogP contribution is -2.03. The number of aromatic nitrogens is 2. The first-order valence-electron chi connectivity index (χ1n) is 9.48. The Kier molecular flexibility index (Phi) is 3.75. The van der Waals surface area contributed by atoms with Crippen LogP contribution in [0.15, 0.2) is 59.7 Å². The van der Waals surface area contributed by atoms with Crippen molar-refractivity contribution in [2.24, 2.45) is 4.99 Å². The molecule has 0 amide bonds. The van der Waals surface area contributed by atoms with Crippen molar-refractivity contribution in [3.63, 3.8) is 0 Å². The fraction of sp³-hybridized carbons (Fsp3) is 0.208. The second-order valence-corrected chi connectivity index (χ2v) is 7.41. The molecule has 1 aliphatic heterocycles. The molecule has 0 saturated heterocycles. The zero-order valence-electron chi connectivity index (χ0n) is 15.7. The molecule has 3 aromatic carbocycles. The van der Waals surface area contributed by atoms with E-state index in [1.807, 2.05) is 6.20 Å². The van der Waals surface area contributed by atoms with Gasteiger partial charge in [-0.25, -0.2) is 4.98 Å². The summed E-state index contributed by atoms with van der Waals surface area (Å²) in [5.74, 6) is 0. The van der Waals surface area contributed by atoms with Gasteiger partial charge in [-0.15, -0.1) is 0 Å². The number of aryl methyl sites for hydroxylation is 3. The second-order valence-electron chi connectivity index (χ2n) is 7.41. The average Bonchev–Trinajstić information content (AvgIpc) is 3.13. The fourth-order valence-electron chi connectivity index (χ4n) is 3.93. The lowest BCUT2D eigenvalue weighted by atomic mass is 10.0. The van der Waals surface area contributed by atoms with Gasteiger partial charge >= 0.3 is 0 Å². The van der Waals surface area contributed by atoms with Crippen LogP contribution in [-0.2, 0) is 12.8 Å². The zero-order valence-corrected chi connectivity index (χ0v) is 15.7. The van der Waals surface area contributed by atoms with E-state index in [2.05, 4.69) is 67.4 Å². The van der Waals surface area contributed by atoms with Crippen LogP contribution in [0.3, 0.4) is 0 Å². The molecule has 3 heteroatoms. The summed E-state index contributed by atoms with van der Waals surface area (Å²) in [6, 6.07) is 17.1. The molecule has 0 saturated carbocycles. The Balaban J connectivity index is 1.41. The highest BCUT2D eigenvalue weighted by Crippen LogP contribution is 2.35. The highest BCUT2D eigenvalue weighted by molar-refractivity contribution is 6.03. The molecule has 132 valence electrons. The Morgan fingerprint density at radius 3 is 2.56 bits per heavy atom. The van der Waals surface area contributed by atoms with Crippen molar-refractivity contribution in [2.75, 3.05) is 0 Å². The van der Waals surface area contributed by atoms with Crippen molar-refractivity contribution >= 4 is 33.2 Å². The Bertz CT molecular complexity index is 1220. The van der Waals surface area contributed by atoms with Gasteiger partial charge in [0.25, 0.3) is 0 Å². The Morgan fingerprint density at radius 1 is 0.852 bits per heavy atom. The summed E-state index contributed by atoms with van der Waals surface area (Å²) in [5, 5.41) is 2.51. The van der Waals surface area contributed by atoms with Gasteiger partial charge in [0.2, 0.25) is 0 Å². The third-order valence-electron chi connectivity index (χ3n) is 5.47. The summed E-state index contributed by atoms with van der Waals surface area (Å²) in [6.07, 6.45) is 4.67. The van der Waals surface area contributed by atoms with Gasteiger partial charge < -0.3 is 0 Å². The van der Waals surface area contributed by atoms with Gasteiger partial charge in [-0.1, -0.05) is 48.5 Å². The van der Waals surface area contributed by atoms with Gasteiger partial charge in [-0.2, -0.15) is 0 Å². The maximum Gasteiger partial charge on any atom is 0.0921 e. The monoisotopic (exact) mass is 351 g/mol. The molecule has 3 nitrogen and oxygen atoms in total. The van der Waals surface area contributed by atoms with Crippen LogP contribution in [0.25, 0.3) is 21.8 Å². The summed E-state index contributed by atoms with van der Waals surface area (Å²) in [5.41, 5.74) is 9.16. The molecule has 27 heavy (non-hydrogen) atoms. The molecule has 0 unspecified atom stereocenters. The number of nitrogens with zero attached hydrogens (tertiary/aromatic N) is 3. The van der Waals surface area contributed by atoms with Crippen LogP contribution in [0.5, 0.6) is 0 Å². The number of benzene rings is 3. The molecule has 0 spiro atoms. The van der Waals surface area contributed by atoms with Gasteiger partial charge in [-0.05, 0) is 48.8 Å².